The fourth-order valence-corrected chi connectivity index (χ4v) is 7.11. The molecule has 202 valence electrons. The van der Waals surface area contributed by atoms with Crippen molar-refractivity contribution in [2.24, 2.45) is 11.3 Å². The van der Waals surface area contributed by atoms with Crippen LogP contribution in [-0.2, 0) is 36.0 Å². The van der Waals surface area contributed by atoms with Crippen molar-refractivity contribution in [3.05, 3.63) is 52.3 Å². The number of amides is 1. The molecule has 1 saturated carbocycles. The molecule has 1 aromatic heterocycles. The van der Waals surface area contributed by atoms with Crippen molar-refractivity contribution in [1.82, 2.24) is 20.4 Å². The minimum Gasteiger partial charge on any atom is -0.352 e. The zero-order chi connectivity index (χ0) is 26.4. The first-order valence-corrected chi connectivity index (χ1v) is 13.4. The smallest absolute Gasteiger partial charge is 0.352 e. The van der Waals surface area contributed by atoms with Crippen molar-refractivity contribution in [2.45, 2.75) is 89.6 Å². The number of piperidine rings is 1. The highest BCUT2D eigenvalue weighted by Gasteiger charge is 2.50. The maximum absolute atomic E-state index is 13.5. The molecule has 0 radical (unpaired) electrons. The van der Waals surface area contributed by atoms with Gasteiger partial charge in [-0.25, -0.2) is 4.39 Å². The number of nitrogens with zero attached hydrogens (tertiary/aromatic N) is 2. The van der Waals surface area contributed by atoms with Gasteiger partial charge in [-0.15, -0.1) is 0 Å². The fraction of sp³-hybridized carbons (Fsp3) is 0.643. The number of benzene rings is 1. The number of fused-ring (bicyclic) bond motifs is 2. The lowest BCUT2D eigenvalue weighted by atomic mass is 9.73. The number of rotatable bonds is 6. The first-order chi connectivity index (χ1) is 17.6. The summed E-state index contributed by atoms with van der Waals surface area (Å²) in [5, 5.41) is 10.3. The molecule has 1 aromatic carbocycles. The summed E-state index contributed by atoms with van der Waals surface area (Å²) >= 11 is 0. The first-order valence-electron chi connectivity index (χ1n) is 13.4. The Balaban J connectivity index is 1.23. The second kappa shape index (κ2) is 9.71. The van der Waals surface area contributed by atoms with Gasteiger partial charge < -0.3 is 10.2 Å². The number of likely N-dealkylation sites (tertiary alicyclic amines) is 1. The summed E-state index contributed by atoms with van der Waals surface area (Å²) < 4.78 is 52.9. The van der Waals surface area contributed by atoms with Gasteiger partial charge in [0, 0.05) is 24.2 Å². The summed E-state index contributed by atoms with van der Waals surface area (Å²) in [6, 6.07) is 3.54. The standard InChI is InChI=1S/C28H36F4N4O/c1-18(2)27(25(37)33-16-20-11-19(15-29)12-21(13-20)28(30,31)32)6-3-22(14-27)36-9-7-26(8-10-36)5-4-24-23(26)17-34-35-24/h11-13,17-18,22H,3-10,14-16H2,1-2H3,(H,33,37)(H,34,35)/t22-,27+/m1/s1. The molecule has 2 N–H and O–H groups in total. The van der Waals surface area contributed by atoms with Gasteiger partial charge >= 0.3 is 6.18 Å². The van der Waals surface area contributed by atoms with E-state index in [1.54, 1.807) is 0 Å². The van der Waals surface area contributed by atoms with Crippen LogP contribution in [0.25, 0.3) is 0 Å². The highest BCUT2D eigenvalue weighted by molar-refractivity contribution is 5.83. The first kappa shape index (κ1) is 26.2. The van der Waals surface area contributed by atoms with Gasteiger partial charge in [-0.1, -0.05) is 19.9 Å². The molecule has 3 aliphatic rings. The predicted molar refractivity (Wildman–Crippen MR) is 132 cm³/mol. The Morgan fingerprint density at radius 3 is 2.57 bits per heavy atom. The number of hydrogen-bond acceptors (Lipinski definition) is 3. The van der Waals surface area contributed by atoms with Gasteiger partial charge in [0.1, 0.15) is 6.67 Å². The monoisotopic (exact) mass is 520 g/mol. The molecule has 1 saturated heterocycles. The van der Waals surface area contributed by atoms with E-state index in [-0.39, 0.29) is 34.9 Å². The molecule has 2 aliphatic carbocycles. The van der Waals surface area contributed by atoms with E-state index in [2.05, 4.69) is 40.5 Å². The lowest BCUT2D eigenvalue weighted by Gasteiger charge is -2.42. The van der Waals surface area contributed by atoms with E-state index in [1.807, 2.05) is 0 Å². The van der Waals surface area contributed by atoms with Gasteiger partial charge in [0.15, 0.2) is 0 Å². The molecule has 5 rings (SSSR count). The second-order valence-electron chi connectivity index (χ2n) is 11.6. The minimum absolute atomic E-state index is 0.0359. The van der Waals surface area contributed by atoms with E-state index in [0.717, 1.165) is 70.2 Å². The van der Waals surface area contributed by atoms with Crippen LogP contribution in [0.2, 0.25) is 0 Å². The SMILES string of the molecule is CC(C)[C@]1(C(=O)NCc2cc(CF)cc(C(F)(F)F)c2)CC[C@@H](N2CCC3(CCc4n[nH]cc43)CC2)C1. The number of nitrogens with one attached hydrogen (secondary N) is 2. The van der Waals surface area contributed by atoms with Gasteiger partial charge in [0.05, 0.1) is 16.7 Å². The Morgan fingerprint density at radius 2 is 1.89 bits per heavy atom. The number of hydrogen-bond donors (Lipinski definition) is 2. The molecule has 1 spiro atoms. The van der Waals surface area contributed by atoms with Gasteiger partial charge in [-0.05, 0) is 92.8 Å². The molecule has 0 unspecified atom stereocenters. The van der Waals surface area contributed by atoms with Crippen molar-refractivity contribution in [3.8, 4) is 0 Å². The van der Waals surface area contributed by atoms with Gasteiger partial charge in [0.2, 0.25) is 5.91 Å². The predicted octanol–water partition coefficient (Wildman–Crippen LogP) is 5.69. The van der Waals surface area contributed by atoms with Gasteiger partial charge in [-0.3, -0.25) is 9.89 Å². The number of carbonyl (C=O) groups excluding carboxylic acids is 1. The number of aryl methyl sites for hydroxylation is 1. The molecule has 2 fully saturated rings. The van der Waals surface area contributed by atoms with Crippen LogP contribution in [0.15, 0.2) is 24.4 Å². The van der Waals surface area contributed by atoms with Crippen molar-refractivity contribution < 1.29 is 22.4 Å². The van der Waals surface area contributed by atoms with Crippen LogP contribution in [0.3, 0.4) is 0 Å². The highest BCUT2D eigenvalue weighted by Crippen LogP contribution is 2.50. The Labute approximate surface area is 215 Å². The number of carbonyl (C=O) groups is 1. The van der Waals surface area contributed by atoms with Crippen LogP contribution >= 0.6 is 0 Å². The van der Waals surface area contributed by atoms with Crippen molar-refractivity contribution >= 4 is 5.91 Å². The topological polar surface area (TPSA) is 61.0 Å². The maximum atomic E-state index is 13.5. The Bertz CT molecular complexity index is 1140. The number of aromatic nitrogens is 2. The normalized spacial score (nSPS) is 25.6. The summed E-state index contributed by atoms with van der Waals surface area (Å²) in [6.45, 7) is 5.08. The van der Waals surface area contributed by atoms with Gasteiger partial charge in [0.25, 0.3) is 0 Å². The molecule has 5 nitrogen and oxygen atoms in total. The lowest BCUT2D eigenvalue weighted by molar-refractivity contribution is -0.137. The van der Waals surface area contributed by atoms with Gasteiger partial charge in [-0.2, -0.15) is 18.3 Å². The summed E-state index contributed by atoms with van der Waals surface area (Å²) in [7, 11) is 0. The van der Waals surface area contributed by atoms with Crippen molar-refractivity contribution in [3.63, 3.8) is 0 Å². The third-order valence-electron chi connectivity index (χ3n) is 9.47. The molecule has 1 aliphatic heterocycles. The Hall–Kier alpha value is -2.42. The number of H-pyrrole nitrogens is 1. The molecule has 2 atom stereocenters. The Kier molecular flexibility index (Phi) is 6.88. The van der Waals surface area contributed by atoms with E-state index in [4.69, 9.17) is 0 Å². The molecular weight excluding hydrogens is 484 g/mol. The molecule has 37 heavy (non-hydrogen) atoms. The van der Waals surface area contributed by atoms with Crippen LogP contribution in [0, 0.1) is 11.3 Å². The van der Waals surface area contributed by atoms with Crippen LogP contribution in [0.5, 0.6) is 0 Å². The molecule has 0 bridgehead atoms. The number of alkyl halides is 4. The summed E-state index contributed by atoms with van der Waals surface area (Å²) in [4.78, 5) is 16.1. The van der Waals surface area contributed by atoms with Crippen molar-refractivity contribution in [2.75, 3.05) is 13.1 Å². The second-order valence-corrected chi connectivity index (χ2v) is 11.6. The van der Waals surface area contributed by atoms with E-state index >= 15 is 0 Å². The zero-order valence-corrected chi connectivity index (χ0v) is 21.6. The summed E-state index contributed by atoms with van der Waals surface area (Å²) in [6.07, 6.45) is 4.35. The summed E-state index contributed by atoms with van der Waals surface area (Å²) in [5.41, 5.74) is 1.61. The van der Waals surface area contributed by atoms with E-state index in [1.165, 1.54) is 17.3 Å². The summed E-state index contributed by atoms with van der Waals surface area (Å²) in [5.74, 6) is -0.0172. The average molecular weight is 521 g/mol. The third-order valence-corrected chi connectivity index (χ3v) is 9.47. The van der Waals surface area contributed by atoms with Crippen molar-refractivity contribution in [1.29, 1.82) is 0 Å². The molecule has 2 aromatic rings. The van der Waals surface area contributed by atoms with Crippen LogP contribution < -0.4 is 5.32 Å². The molecule has 1 amide bonds. The van der Waals surface area contributed by atoms with Crippen LogP contribution in [-0.4, -0.2) is 40.1 Å². The lowest BCUT2D eigenvalue weighted by Crippen LogP contribution is -2.47. The molecule has 2 heterocycles. The van der Waals surface area contributed by atoms with E-state index in [9.17, 15) is 22.4 Å². The fourth-order valence-electron chi connectivity index (χ4n) is 7.11. The maximum Gasteiger partial charge on any atom is 0.416 e. The van der Waals surface area contributed by atoms with Crippen LogP contribution in [0.1, 0.15) is 80.3 Å². The zero-order valence-electron chi connectivity index (χ0n) is 21.6. The Morgan fingerprint density at radius 1 is 1.16 bits per heavy atom. The van der Waals surface area contributed by atoms with Crippen LogP contribution in [0.4, 0.5) is 17.6 Å². The number of halogens is 4. The largest absolute Gasteiger partial charge is 0.416 e. The van der Waals surface area contributed by atoms with E-state index in [0.29, 0.717) is 6.04 Å². The third kappa shape index (κ3) is 4.79. The highest BCUT2D eigenvalue weighted by atomic mass is 19.4. The quantitative estimate of drug-likeness (QED) is 0.481. The average Bonchev–Trinajstić information content (AvgIpc) is 3.60. The van der Waals surface area contributed by atoms with E-state index < -0.39 is 23.8 Å². The number of aromatic amines is 1. The molecular formula is C28H36F4N4O. The molecule has 9 heteroatoms. The minimum atomic E-state index is -4.56.